The lowest BCUT2D eigenvalue weighted by Crippen LogP contribution is -2.10. The summed E-state index contributed by atoms with van der Waals surface area (Å²) in [6.45, 7) is 3.15. The van der Waals surface area contributed by atoms with Crippen molar-refractivity contribution < 1.29 is 14.3 Å². The average Bonchev–Trinajstić information content (AvgIpc) is 2.99. The largest absolute Gasteiger partial charge is 0.493 e. The van der Waals surface area contributed by atoms with Crippen molar-refractivity contribution in [2.45, 2.75) is 45.8 Å². The van der Waals surface area contributed by atoms with Gasteiger partial charge in [-0.05, 0) is 18.6 Å². The van der Waals surface area contributed by atoms with Crippen LogP contribution in [0.2, 0.25) is 0 Å². The molecule has 1 aromatic carbocycles. The third kappa shape index (κ3) is 4.55. The predicted octanol–water partition coefficient (Wildman–Crippen LogP) is 3.26. The Morgan fingerprint density at radius 1 is 1.17 bits per heavy atom. The number of carbonyl (C=O) groups excluding carboxylic acids is 1. The molecular weight excluding hydrogens is 294 g/mol. The molecular formula is C17H23N3O3. The minimum atomic E-state index is 0.231. The fourth-order valence-electron chi connectivity index (χ4n) is 2.34. The molecule has 0 bridgehead atoms. The summed E-state index contributed by atoms with van der Waals surface area (Å²) in [6.07, 6.45) is 5.25. The van der Waals surface area contributed by atoms with Crippen molar-refractivity contribution in [2.24, 2.45) is 0 Å². The number of methoxy groups -OCH3 is 1. The fourth-order valence-corrected chi connectivity index (χ4v) is 2.34. The summed E-state index contributed by atoms with van der Waals surface area (Å²) in [5.41, 5.74) is 1.03. The van der Waals surface area contributed by atoms with E-state index in [1.807, 2.05) is 24.3 Å². The first-order chi connectivity index (χ1) is 11.3. The molecule has 23 heavy (non-hydrogen) atoms. The maximum absolute atomic E-state index is 11.2. The molecule has 0 saturated heterocycles. The van der Waals surface area contributed by atoms with Crippen molar-refractivity contribution >= 4 is 6.29 Å². The van der Waals surface area contributed by atoms with E-state index in [-0.39, 0.29) is 6.61 Å². The molecule has 0 saturated carbocycles. The van der Waals surface area contributed by atoms with Crippen LogP contribution in [0.15, 0.2) is 24.3 Å². The van der Waals surface area contributed by atoms with Gasteiger partial charge >= 0.3 is 0 Å². The second-order valence-electron chi connectivity index (χ2n) is 5.26. The van der Waals surface area contributed by atoms with Gasteiger partial charge in [0.1, 0.15) is 12.3 Å². The maximum atomic E-state index is 11.2. The van der Waals surface area contributed by atoms with Gasteiger partial charge in [0, 0.05) is 6.54 Å². The number of rotatable bonds is 10. The molecule has 0 spiro atoms. The minimum absolute atomic E-state index is 0.231. The van der Waals surface area contributed by atoms with Crippen molar-refractivity contribution in [1.82, 2.24) is 15.0 Å². The molecule has 124 valence electrons. The molecule has 0 aliphatic heterocycles. The van der Waals surface area contributed by atoms with E-state index < -0.39 is 0 Å². The van der Waals surface area contributed by atoms with Crippen LogP contribution < -0.4 is 9.47 Å². The minimum Gasteiger partial charge on any atom is -0.493 e. The molecule has 1 heterocycles. The van der Waals surface area contributed by atoms with Gasteiger partial charge in [-0.25, -0.2) is 4.68 Å². The first-order valence-electron chi connectivity index (χ1n) is 7.93. The third-order valence-corrected chi connectivity index (χ3v) is 3.64. The van der Waals surface area contributed by atoms with Crippen molar-refractivity contribution in [3.8, 4) is 11.5 Å². The van der Waals surface area contributed by atoms with Gasteiger partial charge in [0.15, 0.2) is 23.5 Å². The van der Waals surface area contributed by atoms with Gasteiger partial charge in [0.25, 0.3) is 0 Å². The highest BCUT2D eigenvalue weighted by Gasteiger charge is 2.14. The van der Waals surface area contributed by atoms with Gasteiger partial charge in [0.05, 0.1) is 7.11 Å². The maximum Gasteiger partial charge on any atom is 0.172 e. The van der Waals surface area contributed by atoms with Gasteiger partial charge < -0.3 is 9.47 Å². The van der Waals surface area contributed by atoms with E-state index in [1.165, 1.54) is 12.8 Å². The van der Waals surface area contributed by atoms with Gasteiger partial charge in [-0.1, -0.05) is 43.5 Å². The number of nitrogens with zero attached hydrogens (tertiary/aromatic N) is 3. The Hall–Kier alpha value is -2.37. The number of hydrogen-bond acceptors (Lipinski definition) is 5. The lowest BCUT2D eigenvalue weighted by atomic mass is 10.2. The molecule has 6 heteroatoms. The van der Waals surface area contributed by atoms with E-state index in [2.05, 4.69) is 17.2 Å². The molecule has 0 N–H and O–H groups in total. The molecule has 6 nitrogen and oxygen atoms in total. The van der Waals surface area contributed by atoms with Crippen LogP contribution in [0.3, 0.4) is 0 Å². The monoisotopic (exact) mass is 317 g/mol. The van der Waals surface area contributed by atoms with Crippen LogP contribution in [0.5, 0.6) is 11.5 Å². The molecule has 0 amide bonds. The van der Waals surface area contributed by atoms with E-state index in [9.17, 15) is 4.79 Å². The number of aromatic nitrogens is 3. The van der Waals surface area contributed by atoms with Crippen LogP contribution >= 0.6 is 0 Å². The zero-order valence-electron chi connectivity index (χ0n) is 13.7. The SMILES string of the molecule is CCCCCCn1nnc(C=O)c1COc1ccccc1OC. The van der Waals surface area contributed by atoms with Crippen LogP contribution in [0.25, 0.3) is 0 Å². The number of benzene rings is 1. The smallest absolute Gasteiger partial charge is 0.172 e. The van der Waals surface area contributed by atoms with Gasteiger partial charge in [-0.3, -0.25) is 4.79 Å². The zero-order chi connectivity index (χ0) is 16.5. The average molecular weight is 317 g/mol. The second kappa shape index (κ2) is 8.92. The number of aryl methyl sites for hydroxylation is 1. The Bertz CT molecular complexity index is 625. The molecule has 0 aliphatic rings. The van der Waals surface area contributed by atoms with Crippen molar-refractivity contribution in [3.05, 3.63) is 35.7 Å². The molecule has 2 aromatic rings. The van der Waals surface area contributed by atoms with Gasteiger partial charge in [-0.15, -0.1) is 5.10 Å². The summed E-state index contributed by atoms with van der Waals surface area (Å²) in [7, 11) is 1.60. The Kier molecular flexibility index (Phi) is 6.59. The van der Waals surface area contributed by atoms with Crippen LogP contribution in [0.1, 0.15) is 48.8 Å². The molecule has 0 fully saturated rings. The number of carbonyl (C=O) groups is 1. The molecule has 0 aliphatic carbocycles. The number of unbranched alkanes of at least 4 members (excludes halogenated alkanes) is 3. The van der Waals surface area contributed by atoms with Crippen molar-refractivity contribution in [2.75, 3.05) is 7.11 Å². The van der Waals surface area contributed by atoms with Crippen LogP contribution in [-0.4, -0.2) is 28.4 Å². The van der Waals surface area contributed by atoms with E-state index in [4.69, 9.17) is 9.47 Å². The Morgan fingerprint density at radius 3 is 2.65 bits per heavy atom. The molecule has 0 unspecified atom stereocenters. The third-order valence-electron chi connectivity index (χ3n) is 3.64. The fraction of sp³-hybridized carbons (Fsp3) is 0.471. The molecule has 0 radical (unpaired) electrons. The quantitative estimate of drug-likeness (QED) is 0.497. The first-order valence-corrected chi connectivity index (χ1v) is 7.93. The summed E-state index contributed by atoms with van der Waals surface area (Å²) in [4.78, 5) is 11.2. The summed E-state index contributed by atoms with van der Waals surface area (Å²) in [5.74, 6) is 1.28. The summed E-state index contributed by atoms with van der Waals surface area (Å²) < 4.78 is 12.8. The number of ether oxygens (including phenoxy) is 2. The Labute approximate surface area is 136 Å². The highest BCUT2D eigenvalue weighted by atomic mass is 16.5. The van der Waals surface area contributed by atoms with Crippen molar-refractivity contribution in [3.63, 3.8) is 0 Å². The van der Waals surface area contributed by atoms with Gasteiger partial charge in [0.2, 0.25) is 0 Å². The molecule has 2 rings (SSSR count). The molecule has 1 aromatic heterocycles. The van der Waals surface area contributed by atoms with E-state index >= 15 is 0 Å². The van der Waals surface area contributed by atoms with Crippen LogP contribution in [-0.2, 0) is 13.2 Å². The zero-order valence-corrected chi connectivity index (χ0v) is 13.7. The number of hydrogen-bond donors (Lipinski definition) is 0. The van der Waals surface area contributed by atoms with E-state index in [0.29, 0.717) is 22.9 Å². The number of para-hydroxylation sites is 2. The number of aldehydes is 1. The highest BCUT2D eigenvalue weighted by Crippen LogP contribution is 2.26. The summed E-state index contributed by atoms with van der Waals surface area (Å²) in [5, 5.41) is 7.99. The molecule has 0 atom stereocenters. The van der Waals surface area contributed by atoms with Gasteiger partial charge in [-0.2, -0.15) is 0 Å². The van der Waals surface area contributed by atoms with E-state index in [0.717, 1.165) is 25.7 Å². The van der Waals surface area contributed by atoms with Crippen LogP contribution in [0.4, 0.5) is 0 Å². The van der Waals surface area contributed by atoms with Crippen LogP contribution in [0, 0.1) is 0 Å². The normalized spacial score (nSPS) is 10.5. The van der Waals surface area contributed by atoms with Crippen molar-refractivity contribution in [1.29, 1.82) is 0 Å². The standard InChI is InChI=1S/C17H23N3O3/c1-3-4-5-8-11-20-15(14(12-21)18-19-20)13-23-17-10-7-6-9-16(17)22-2/h6-7,9-10,12H,3-5,8,11,13H2,1-2H3. The lowest BCUT2D eigenvalue weighted by molar-refractivity contribution is 0.111. The lowest BCUT2D eigenvalue weighted by Gasteiger charge is -2.11. The first kappa shape index (κ1) is 17.0. The highest BCUT2D eigenvalue weighted by molar-refractivity contribution is 5.73. The predicted molar refractivity (Wildman–Crippen MR) is 86.9 cm³/mol. The summed E-state index contributed by atoms with van der Waals surface area (Å²) >= 11 is 0. The summed E-state index contributed by atoms with van der Waals surface area (Å²) in [6, 6.07) is 7.41. The Balaban J connectivity index is 2.05. The van der Waals surface area contributed by atoms with E-state index in [1.54, 1.807) is 11.8 Å². The topological polar surface area (TPSA) is 66.2 Å². The second-order valence-corrected chi connectivity index (χ2v) is 5.26. The Morgan fingerprint density at radius 2 is 1.96 bits per heavy atom.